The molecule has 0 saturated heterocycles. The number of H-pyrrole nitrogens is 1. The molecule has 4 aromatic heterocycles. The second kappa shape index (κ2) is 7.84. The first-order chi connectivity index (χ1) is 16.3. The number of amides is 1. The SMILES string of the molecule is Cn1cc(-c2cc(-c3cnc4[nH]ccc4c3)ccn2)n(-c2ccc(C(C)(C)C(N)=O)cc2)c1=O. The summed E-state index contributed by atoms with van der Waals surface area (Å²) in [5.41, 5.74) is 10.1. The molecule has 0 aliphatic rings. The summed E-state index contributed by atoms with van der Waals surface area (Å²) in [4.78, 5) is 37.0. The van der Waals surface area contributed by atoms with Crippen LogP contribution in [0.2, 0.25) is 0 Å². The van der Waals surface area contributed by atoms with Crippen molar-refractivity contribution in [3.8, 4) is 28.2 Å². The number of nitrogens with two attached hydrogens (primary N) is 1. The van der Waals surface area contributed by atoms with Gasteiger partial charge in [-0.1, -0.05) is 12.1 Å². The van der Waals surface area contributed by atoms with Crippen molar-refractivity contribution < 1.29 is 4.79 Å². The number of nitrogens with zero attached hydrogens (tertiary/aromatic N) is 4. The van der Waals surface area contributed by atoms with Gasteiger partial charge in [0.15, 0.2) is 0 Å². The number of carbonyl (C=O) groups is 1. The van der Waals surface area contributed by atoms with Crippen LogP contribution in [0.3, 0.4) is 0 Å². The zero-order chi connectivity index (χ0) is 24.0. The van der Waals surface area contributed by atoms with Crippen molar-refractivity contribution >= 4 is 16.9 Å². The minimum Gasteiger partial charge on any atom is -0.369 e. The first kappa shape index (κ1) is 21.4. The van der Waals surface area contributed by atoms with Gasteiger partial charge >= 0.3 is 5.69 Å². The van der Waals surface area contributed by atoms with Gasteiger partial charge < -0.3 is 15.3 Å². The smallest absolute Gasteiger partial charge is 0.333 e. The van der Waals surface area contributed by atoms with Gasteiger partial charge in [0.1, 0.15) is 5.65 Å². The van der Waals surface area contributed by atoms with Gasteiger partial charge in [-0.05, 0) is 61.4 Å². The molecule has 0 aliphatic carbocycles. The number of nitrogens with one attached hydrogen (secondary N) is 1. The first-order valence-corrected chi connectivity index (χ1v) is 10.8. The lowest BCUT2D eigenvalue weighted by molar-refractivity contribution is -0.122. The monoisotopic (exact) mass is 452 g/mol. The largest absolute Gasteiger partial charge is 0.369 e. The van der Waals surface area contributed by atoms with Crippen LogP contribution in [-0.4, -0.2) is 30.0 Å². The van der Waals surface area contributed by atoms with E-state index < -0.39 is 11.3 Å². The zero-order valence-corrected chi connectivity index (χ0v) is 19.1. The van der Waals surface area contributed by atoms with E-state index in [0.717, 1.165) is 27.7 Å². The number of rotatable bonds is 5. The van der Waals surface area contributed by atoms with E-state index in [1.807, 2.05) is 54.9 Å². The third-order valence-electron chi connectivity index (χ3n) is 6.27. The summed E-state index contributed by atoms with van der Waals surface area (Å²) < 4.78 is 3.14. The normalized spacial score (nSPS) is 11.7. The fourth-order valence-corrected chi connectivity index (χ4v) is 4.00. The maximum absolute atomic E-state index is 13.0. The molecule has 1 aromatic carbocycles. The van der Waals surface area contributed by atoms with Crippen LogP contribution in [0.25, 0.3) is 39.2 Å². The fraction of sp³-hybridized carbons (Fsp3) is 0.154. The number of aromatic amines is 1. The number of imidazole rings is 1. The molecule has 1 amide bonds. The number of benzene rings is 1. The van der Waals surface area contributed by atoms with Gasteiger partial charge in [-0.3, -0.25) is 14.3 Å². The third-order valence-corrected chi connectivity index (χ3v) is 6.27. The Bertz CT molecular complexity index is 1590. The van der Waals surface area contributed by atoms with Gasteiger partial charge in [0.25, 0.3) is 0 Å². The number of fused-ring (bicyclic) bond motifs is 1. The molecule has 0 spiro atoms. The lowest BCUT2D eigenvalue weighted by atomic mass is 9.84. The molecule has 0 bridgehead atoms. The summed E-state index contributed by atoms with van der Waals surface area (Å²) >= 11 is 0. The van der Waals surface area contributed by atoms with Crippen LogP contribution in [0, 0.1) is 0 Å². The lowest BCUT2D eigenvalue weighted by Gasteiger charge is -2.21. The molecule has 4 heterocycles. The van der Waals surface area contributed by atoms with Gasteiger partial charge in [-0.25, -0.2) is 9.78 Å². The van der Waals surface area contributed by atoms with Gasteiger partial charge in [-0.15, -0.1) is 0 Å². The quantitative estimate of drug-likeness (QED) is 0.425. The van der Waals surface area contributed by atoms with Crippen molar-refractivity contribution in [3.05, 3.63) is 89.4 Å². The van der Waals surface area contributed by atoms with E-state index in [0.29, 0.717) is 17.1 Å². The van der Waals surface area contributed by atoms with Crippen molar-refractivity contribution in [2.75, 3.05) is 0 Å². The summed E-state index contributed by atoms with van der Waals surface area (Å²) in [5, 5.41) is 1.02. The van der Waals surface area contributed by atoms with Crippen LogP contribution >= 0.6 is 0 Å². The van der Waals surface area contributed by atoms with Gasteiger partial charge in [0.05, 0.1) is 22.5 Å². The Hall–Kier alpha value is -4.46. The average Bonchev–Trinajstić information content (AvgIpc) is 3.43. The number of aromatic nitrogens is 5. The van der Waals surface area contributed by atoms with Crippen LogP contribution in [0.15, 0.2) is 78.1 Å². The highest BCUT2D eigenvalue weighted by molar-refractivity contribution is 5.86. The second-order valence-electron chi connectivity index (χ2n) is 8.85. The lowest BCUT2D eigenvalue weighted by Crippen LogP contribution is -2.35. The van der Waals surface area contributed by atoms with Gasteiger partial charge in [-0.2, -0.15) is 0 Å². The maximum Gasteiger partial charge on any atom is 0.333 e. The molecule has 8 heteroatoms. The van der Waals surface area contributed by atoms with E-state index in [4.69, 9.17) is 5.73 Å². The van der Waals surface area contributed by atoms with Crippen LogP contribution in [-0.2, 0) is 17.3 Å². The second-order valence-corrected chi connectivity index (χ2v) is 8.85. The highest BCUT2D eigenvalue weighted by atomic mass is 16.2. The molecular formula is C26H24N6O2. The molecular weight excluding hydrogens is 428 g/mol. The summed E-state index contributed by atoms with van der Waals surface area (Å²) in [6.07, 6.45) is 7.17. The summed E-state index contributed by atoms with van der Waals surface area (Å²) in [6, 6.07) is 15.2. The Labute approximate surface area is 195 Å². The van der Waals surface area contributed by atoms with Gasteiger partial charge in [0, 0.05) is 42.8 Å². The molecule has 5 aromatic rings. The molecule has 0 atom stereocenters. The zero-order valence-electron chi connectivity index (χ0n) is 19.1. The molecule has 3 N–H and O–H groups in total. The number of aryl methyl sites for hydroxylation is 1. The van der Waals surface area contributed by atoms with E-state index in [9.17, 15) is 9.59 Å². The van der Waals surface area contributed by atoms with E-state index in [1.54, 1.807) is 37.9 Å². The number of carbonyl (C=O) groups excluding carboxylic acids is 1. The predicted octanol–water partition coefficient (Wildman–Crippen LogP) is 3.54. The highest BCUT2D eigenvalue weighted by Crippen LogP contribution is 2.28. The average molecular weight is 453 g/mol. The van der Waals surface area contributed by atoms with E-state index in [1.165, 1.54) is 4.57 Å². The highest BCUT2D eigenvalue weighted by Gasteiger charge is 2.27. The molecule has 170 valence electrons. The molecule has 0 unspecified atom stereocenters. The van der Waals surface area contributed by atoms with Crippen molar-refractivity contribution in [2.24, 2.45) is 12.8 Å². The van der Waals surface area contributed by atoms with Crippen molar-refractivity contribution in [3.63, 3.8) is 0 Å². The fourth-order valence-electron chi connectivity index (χ4n) is 4.00. The van der Waals surface area contributed by atoms with Crippen LogP contribution < -0.4 is 11.4 Å². The minimum atomic E-state index is -0.812. The Morgan fingerprint density at radius 2 is 1.79 bits per heavy atom. The molecule has 34 heavy (non-hydrogen) atoms. The number of hydrogen-bond acceptors (Lipinski definition) is 4. The van der Waals surface area contributed by atoms with E-state index in [-0.39, 0.29) is 5.69 Å². The summed E-state index contributed by atoms with van der Waals surface area (Å²) in [5.74, 6) is -0.411. The molecule has 0 fully saturated rings. The van der Waals surface area contributed by atoms with Crippen LogP contribution in [0.4, 0.5) is 0 Å². The van der Waals surface area contributed by atoms with Crippen molar-refractivity contribution in [1.82, 2.24) is 24.1 Å². The summed E-state index contributed by atoms with van der Waals surface area (Å²) in [6.45, 7) is 3.55. The van der Waals surface area contributed by atoms with Gasteiger partial charge in [0.2, 0.25) is 5.91 Å². The van der Waals surface area contributed by atoms with Crippen LogP contribution in [0.5, 0.6) is 0 Å². The van der Waals surface area contributed by atoms with E-state index >= 15 is 0 Å². The molecule has 8 nitrogen and oxygen atoms in total. The minimum absolute atomic E-state index is 0.195. The molecule has 0 saturated carbocycles. The number of hydrogen-bond donors (Lipinski definition) is 2. The summed E-state index contributed by atoms with van der Waals surface area (Å²) in [7, 11) is 1.71. The third kappa shape index (κ3) is 3.49. The van der Waals surface area contributed by atoms with Crippen LogP contribution in [0.1, 0.15) is 19.4 Å². The van der Waals surface area contributed by atoms with Crippen molar-refractivity contribution in [1.29, 1.82) is 0 Å². The Morgan fingerprint density at radius 1 is 1.03 bits per heavy atom. The predicted molar refractivity (Wildman–Crippen MR) is 132 cm³/mol. The van der Waals surface area contributed by atoms with E-state index in [2.05, 4.69) is 21.0 Å². The first-order valence-electron chi connectivity index (χ1n) is 10.8. The van der Waals surface area contributed by atoms with Crippen molar-refractivity contribution in [2.45, 2.75) is 19.3 Å². The standard InChI is InChI=1S/C26H24N6O2/c1-26(2,24(27)33)19-4-6-20(7-5-19)32-22(15-31(3)25(32)34)21-13-16(8-10-28-21)18-12-17-9-11-29-23(17)30-14-18/h4-15H,1-3H3,(H2,27,33)(H,29,30). The molecule has 5 rings (SSSR count). The Morgan fingerprint density at radius 3 is 2.53 bits per heavy atom. The number of primary amides is 1. The molecule has 0 radical (unpaired) electrons. The number of pyridine rings is 2. The Kier molecular flexibility index (Phi) is 4.93. The molecule has 0 aliphatic heterocycles. The maximum atomic E-state index is 13.0. The Balaban J connectivity index is 1.59. The topological polar surface area (TPSA) is 112 Å².